The Morgan fingerprint density at radius 3 is 2.59 bits per heavy atom. The van der Waals surface area contributed by atoms with E-state index in [0.29, 0.717) is 18.6 Å². The summed E-state index contributed by atoms with van der Waals surface area (Å²) in [5.74, 6) is 0.158. The van der Waals surface area contributed by atoms with E-state index in [1.807, 2.05) is 0 Å². The third kappa shape index (κ3) is 3.19. The van der Waals surface area contributed by atoms with Crippen molar-refractivity contribution in [2.45, 2.75) is 57.0 Å². The van der Waals surface area contributed by atoms with E-state index < -0.39 is 5.54 Å². The van der Waals surface area contributed by atoms with E-state index in [2.05, 4.69) is 12.2 Å². The first-order valence-corrected chi connectivity index (χ1v) is 6.84. The van der Waals surface area contributed by atoms with Gasteiger partial charge in [0.05, 0.1) is 6.61 Å². The highest BCUT2D eigenvalue weighted by atomic mass is 16.5. The molecule has 0 bridgehead atoms. The molecule has 0 aromatic rings. The van der Waals surface area contributed by atoms with Crippen LogP contribution >= 0.6 is 0 Å². The van der Waals surface area contributed by atoms with Gasteiger partial charge in [0.2, 0.25) is 5.91 Å². The lowest BCUT2D eigenvalue weighted by molar-refractivity contribution is -0.128. The van der Waals surface area contributed by atoms with Crippen LogP contribution in [0.2, 0.25) is 0 Å². The van der Waals surface area contributed by atoms with E-state index in [1.165, 1.54) is 0 Å². The van der Waals surface area contributed by atoms with Gasteiger partial charge in [-0.15, -0.1) is 0 Å². The first kappa shape index (κ1) is 12.8. The van der Waals surface area contributed by atoms with Crippen LogP contribution in [-0.2, 0) is 9.53 Å². The topological polar surface area (TPSA) is 64.3 Å². The summed E-state index contributed by atoms with van der Waals surface area (Å²) in [6, 6.07) is 0.484. The number of rotatable bonds is 9. The smallest absolute Gasteiger partial charge is 0.240 e. The Kier molecular flexibility index (Phi) is 4.05. The van der Waals surface area contributed by atoms with Gasteiger partial charge in [-0.25, -0.2) is 0 Å². The van der Waals surface area contributed by atoms with Gasteiger partial charge in [0.15, 0.2) is 0 Å². The predicted molar refractivity (Wildman–Crippen MR) is 66.5 cm³/mol. The van der Waals surface area contributed by atoms with Crippen LogP contribution in [0.15, 0.2) is 0 Å². The standard InChI is InChI=1S/C13H24N2O2/c1-2-3-8-17-9-13(12(14)16,10-4-5-10)15-11-6-7-11/h10-11,15H,2-9H2,1H3,(H2,14,16). The minimum Gasteiger partial charge on any atom is -0.379 e. The molecule has 2 saturated carbocycles. The molecule has 0 aromatic heterocycles. The second-order valence-electron chi connectivity index (χ2n) is 5.43. The summed E-state index contributed by atoms with van der Waals surface area (Å²) in [6.07, 6.45) is 6.68. The molecule has 17 heavy (non-hydrogen) atoms. The third-order valence-corrected chi connectivity index (χ3v) is 3.72. The maximum absolute atomic E-state index is 11.8. The molecule has 0 aromatic carbocycles. The average Bonchev–Trinajstić information content (AvgIpc) is 3.15. The molecule has 0 aliphatic heterocycles. The molecule has 2 aliphatic carbocycles. The minimum atomic E-state index is -0.588. The Bertz CT molecular complexity index is 275. The van der Waals surface area contributed by atoms with Gasteiger partial charge in [-0.05, 0) is 38.0 Å². The molecule has 0 heterocycles. The van der Waals surface area contributed by atoms with E-state index >= 15 is 0 Å². The SMILES string of the molecule is CCCCOCC(NC1CC1)(C(N)=O)C1CC1. The number of nitrogens with one attached hydrogen (secondary N) is 1. The molecule has 0 radical (unpaired) electrons. The van der Waals surface area contributed by atoms with Gasteiger partial charge in [0.1, 0.15) is 5.54 Å². The van der Waals surface area contributed by atoms with Gasteiger partial charge in [-0.2, -0.15) is 0 Å². The largest absolute Gasteiger partial charge is 0.379 e. The molecule has 2 rings (SSSR count). The van der Waals surface area contributed by atoms with Gasteiger partial charge < -0.3 is 10.5 Å². The summed E-state index contributed by atoms with van der Waals surface area (Å²) >= 11 is 0. The number of hydrogen-bond acceptors (Lipinski definition) is 3. The molecule has 98 valence electrons. The lowest BCUT2D eigenvalue weighted by atomic mass is 9.93. The third-order valence-electron chi connectivity index (χ3n) is 3.72. The maximum Gasteiger partial charge on any atom is 0.240 e. The molecule has 3 N–H and O–H groups in total. The lowest BCUT2D eigenvalue weighted by Gasteiger charge is -2.32. The van der Waals surface area contributed by atoms with Crippen molar-refractivity contribution in [3.05, 3.63) is 0 Å². The average molecular weight is 240 g/mol. The summed E-state index contributed by atoms with van der Waals surface area (Å²) in [7, 11) is 0. The summed E-state index contributed by atoms with van der Waals surface area (Å²) in [5, 5.41) is 3.44. The second kappa shape index (κ2) is 5.36. The van der Waals surface area contributed by atoms with E-state index in [4.69, 9.17) is 10.5 Å². The Balaban J connectivity index is 1.91. The molecule has 4 heteroatoms. The van der Waals surface area contributed by atoms with Crippen molar-refractivity contribution in [1.29, 1.82) is 0 Å². The van der Waals surface area contributed by atoms with Crippen molar-refractivity contribution >= 4 is 5.91 Å². The fourth-order valence-electron chi connectivity index (χ4n) is 2.27. The normalized spacial score (nSPS) is 23.4. The van der Waals surface area contributed by atoms with Crippen LogP contribution in [0.4, 0.5) is 0 Å². The summed E-state index contributed by atoms with van der Waals surface area (Å²) < 4.78 is 5.67. The van der Waals surface area contributed by atoms with E-state index in [1.54, 1.807) is 0 Å². The fraction of sp³-hybridized carbons (Fsp3) is 0.923. The first-order chi connectivity index (χ1) is 8.19. The highest BCUT2D eigenvalue weighted by molar-refractivity contribution is 5.86. The van der Waals surface area contributed by atoms with Crippen molar-refractivity contribution in [3.63, 3.8) is 0 Å². The first-order valence-electron chi connectivity index (χ1n) is 6.84. The molecular formula is C13H24N2O2. The van der Waals surface area contributed by atoms with Gasteiger partial charge in [-0.3, -0.25) is 10.1 Å². The van der Waals surface area contributed by atoms with Crippen LogP contribution in [0.3, 0.4) is 0 Å². The molecule has 2 aliphatic rings. The fourth-order valence-corrected chi connectivity index (χ4v) is 2.27. The lowest BCUT2D eigenvalue weighted by Crippen LogP contribution is -2.61. The second-order valence-corrected chi connectivity index (χ2v) is 5.43. The number of hydrogen-bond donors (Lipinski definition) is 2. The number of ether oxygens (including phenoxy) is 1. The Labute approximate surface area is 103 Å². The van der Waals surface area contributed by atoms with Gasteiger partial charge in [0.25, 0.3) is 0 Å². The zero-order valence-electron chi connectivity index (χ0n) is 10.7. The monoisotopic (exact) mass is 240 g/mol. The van der Waals surface area contributed by atoms with Crippen LogP contribution in [0.5, 0.6) is 0 Å². The summed E-state index contributed by atoms with van der Waals surface area (Å²) in [4.78, 5) is 11.8. The van der Waals surface area contributed by atoms with Gasteiger partial charge >= 0.3 is 0 Å². The quantitative estimate of drug-likeness (QED) is 0.595. The Morgan fingerprint density at radius 1 is 1.41 bits per heavy atom. The van der Waals surface area contributed by atoms with Crippen molar-refractivity contribution in [3.8, 4) is 0 Å². The number of nitrogens with two attached hydrogens (primary N) is 1. The molecule has 4 nitrogen and oxygen atoms in total. The van der Waals surface area contributed by atoms with E-state index in [0.717, 1.165) is 45.1 Å². The summed E-state index contributed by atoms with van der Waals surface area (Å²) in [6.45, 7) is 3.31. The molecule has 1 atom stereocenters. The Hall–Kier alpha value is -0.610. The van der Waals surface area contributed by atoms with Crippen molar-refractivity contribution in [1.82, 2.24) is 5.32 Å². The van der Waals surface area contributed by atoms with Crippen LogP contribution < -0.4 is 11.1 Å². The van der Waals surface area contributed by atoms with E-state index in [9.17, 15) is 4.79 Å². The highest BCUT2D eigenvalue weighted by Crippen LogP contribution is 2.41. The molecule has 0 spiro atoms. The van der Waals surface area contributed by atoms with E-state index in [-0.39, 0.29) is 5.91 Å². The number of amides is 1. The van der Waals surface area contributed by atoms with Crippen molar-refractivity contribution < 1.29 is 9.53 Å². The zero-order valence-corrected chi connectivity index (χ0v) is 10.7. The molecule has 0 saturated heterocycles. The molecule has 1 amide bonds. The maximum atomic E-state index is 11.8. The molecule has 2 fully saturated rings. The number of unbranched alkanes of at least 4 members (excludes halogenated alkanes) is 1. The number of carbonyl (C=O) groups excluding carboxylic acids is 1. The van der Waals surface area contributed by atoms with Crippen molar-refractivity contribution in [2.24, 2.45) is 11.7 Å². The zero-order chi connectivity index (χ0) is 12.3. The predicted octanol–water partition coefficient (Wildman–Crippen LogP) is 1.19. The minimum absolute atomic E-state index is 0.233. The van der Waals surface area contributed by atoms with Gasteiger partial charge in [-0.1, -0.05) is 13.3 Å². The highest BCUT2D eigenvalue weighted by Gasteiger charge is 2.52. The van der Waals surface area contributed by atoms with Crippen LogP contribution in [0.25, 0.3) is 0 Å². The summed E-state index contributed by atoms with van der Waals surface area (Å²) in [5.41, 5.74) is 5.03. The number of carbonyl (C=O) groups is 1. The Morgan fingerprint density at radius 2 is 2.12 bits per heavy atom. The van der Waals surface area contributed by atoms with Crippen molar-refractivity contribution in [2.75, 3.05) is 13.2 Å². The van der Waals surface area contributed by atoms with Gasteiger partial charge in [0, 0.05) is 12.6 Å². The van der Waals surface area contributed by atoms with Crippen LogP contribution in [0, 0.1) is 5.92 Å². The molecular weight excluding hydrogens is 216 g/mol. The molecule has 1 unspecified atom stereocenters. The van der Waals surface area contributed by atoms with Crippen LogP contribution in [-0.4, -0.2) is 30.7 Å². The number of primary amides is 1. The van der Waals surface area contributed by atoms with Crippen LogP contribution in [0.1, 0.15) is 45.4 Å².